The van der Waals surface area contributed by atoms with E-state index in [4.69, 9.17) is 4.74 Å². The molecule has 1 saturated heterocycles. The molecule has 0 saturated carbocycles. The monoisotopic (exact) mass is 228 g/mol. The maximum absolute atomic E-state index is 5.17. The van der Waals surface area contributed by atoms with Crippen molar-refractivity contribution in [2.75, 3.05) is 46.4 Å². The Morgan fingerprint density at radius 2 is 2.19 bits per heavy atom. The molecule has 0 aliphatic carbocycles. The molecule has 16 heavy (non-hydrogen) atoms. The lowest BCUT2D eigenvalue weighted by molar-refractivity contribution is 0.0914. The number of rotatable bonds is 7. The van der Waals surface area contributed by atoms with E-state index in [9.17, 15) is 0 Å². The lowest BCUT2D eigenvalue weighted by Gasteiger charge is -2.37. The second kappa shape index (κ2) is 6.58. The summed E-state index contributed by atoms with van der Waals surface area (Å²) in [6, 6.07) is 0. The van der Waals surface area contributed by atoms with E-state index in [1.165, 1.54) is 26.1 Å². The van der Waals surface area contributed by atoms with Crippen LogP contribution in [0.25, 0.3) is 0 Å². The first-order valence-electron chi connectivity index (χ1n) is 6.56. The number of hydrogen-bond acceptors (Lipinski definition) is 3. The van der Waals surface area contributed by atoms with E-state index in [0.717, 1.165) is 25.6 Å². The average molecular weight is 228 g/mol. The molecule has 0 aromatic heterocycles. The van der Waals surface area contributed by atoms with Crippen LogP contribution in [0.5, 0.6) is 0 Å². The van der Waals surface area contributed by atoms with E-state index in [1.54, 1.807) is 7.11 Å². The van der Waals surface area contributed by atoms with Crippen molar-refractivity contribution < 1.29 is 4.74 Å². The van der Waals surface area contributed by atoms with Crippen LogP contribution in [0, 0.1) is 11.3 Å². The zero-order valence-electron chi connectivity index (χ0n) is 11.4. The molecule has 1 aliphatic rings. The summed E-state index contributed by atoms with van der Waals surface area (Å²) in [5.41, 5.74) is 0.476. The molecule has 0 radical (unpaired) electrons. The summed E-state index contributed by atoms with van der Waals surface area (Å²) in [6.07, 6.45) is 1.31. The Hall–Kier alpha value is -0.120. The third-order valence-electron chi connectivity index (χ3n) is 4.10. The number of ether oxygens (including phenoxy) is 1. The van der Waals surface area contributed by atoms with Crippen LogP contribution in [0.2, 0.25) is 0 Å². The molecule has 1 unspecified atom stereocenters. The van der Waals surface area contributed by atoms with E-state index in [-0.39, 0.29) is 0 Å². The minimum absolute atomic E-state index is 0.476. The number of nitrogens with zero attached hydrogens (tertiary/aromatic N) is 1. The normalized spacial score (nSPS) is 25.9. The maximum Gasteiger partial charge on any atom is 0.0589 e. The Morgan fingerprint density at radius 1 is 1.44 bits per heavy atom. The smallest absolute Gasteiger partial charge is 0.0589 e. The van der Waals surface area contributed by atoms with Crippen LogP contribution in [0.1, 0.15) is 27.2 Å². The summed E-state index contributed by atoms with van der Waals surface area (Å²) in [5.74, 6) is 0.749. The topological polar surface area (TPSA) is 24.5 Å². The SMILES string of the molecule is CCN(CCOC)CC1(C(C)C)CCNC1. The van der Waals surface area contributed by atoms with Crippen molar-refractivity contribution in [1.82, 2.24) is 10.2 Å². The summed E-state index contributed by atoms with van der Waals surface area (Å²) in [7, 11) is 1.78. The van der Waals surface area contributed by atoms with Gasteiger partial charge in [0, 0.05) is 26.7 Å². The third-order valence-corrected chi connectivity index (χ3v) is 4.10. The van der Waals surface area contributed by atoms with Gasteiger partial charge in [-0.05, 0) is 30.8 Å². The molecule has 1 rings (SSSR count). The summed E-state index contributed by atoms with van der Waals surface area (Å²) in [5, 5.41) is 3.52. The highest BCUT2D eigenvalue weighted by Crippen LogP contribution is 2.34. The van der Waals surface area contributed by atoms with Crippen LogP contribution in [-0.2, 0) is 4.74 Å². The van der Waals surface area contributed by atoms with Gasteiger partial charge in [0.1, 0.15) is 0 Å². The fraction of sp³-hybridized carbons (Fsp3) is 1.00. The van der Waals surface area contributed by atoms with Crippen molar-refractivity contribution in [1.29, 1.82) is 0 Å². The van der Waals surface area contributed by atoms with Crippen LogP contribution in [0.4, 0.5) is 0 Å². The van der Waals surface area contributed by atoms with Crippen molar-refractivity contribution in [2.24, 2.45) is 11.3 Å². The van der Waals surface area contributed by atoms with Crippen LogP contribution in [-0.4, -0.2) is 51.3 Å². The Morgan fingerprint density at radius 3 is 2.62 bits per heavy atom. The number of nitrogens with one attached hydrogen (secondary N) is 1. The van der Waals surface area contributed by atoms with E-state index in [2.05, 4.69) is 31.0 Å². The molecular weight excluding hydrogens is 200 g/mol. The largest absolute Gasteiger partial charge is 0.383 e. The quantitative estimate of drug-likeness (QED) is 0.716. The molecule has 0 bridgehead atoms. The fourth-order valence-electron chi connectivity index (χ4n) is 2.59. The molecular formula is C13H28N2O. The Bertz CT molecular complexity index is 188. The van der Waals surface area contributed by atoms with Gasteiger partial charge in [-0.25, -0.2) is 0 Å². The maximum atomic E-state index is 5.17. The second-order valence-corrected chi connectivity index (χ2v) is 5.31. The fourth-order valence-corrected chi connectivity index (χ4v) is 2.59. The standard InChI is InChI=1S/C13H28N2O/c1-5-15(8-9-16-4)11-13(12(2)3)6-7-14-10-13/h12,14H,5-11H2,1-4H3. The molecule has 1 heterocycles. The van der Waals surface area contributed by atoms with E-state index in [1.807, 2.05) is 0 Å². The van der Waals surface area contributed by atoms with Crippen molar-refractivity contribution >= 4 is 0 Å². The second-order valence-electron chi connectivity index (χ2n) is 5.31. The van der Waals surface area contributed by atoms with Crippen LogP contribution >= 0.6 is 0 Å². The highest BCUT2D eigenvalue weighted by Gasteiger charge is 2.37. The van der Waals surface area contributed by atoms with Gasteiger partial charge in [-0.15, -0.1) is 0 Å². The lowest BCUT2D eigenvalue weighted by Crippen LogP contribution is -2.43. The van der Waals surface area contributed by atoms with Gasteiger partial charge >= 0.3 is 0 Å². The molecule has 0 aromatic rings. The van der Waals surface area contributed by atoms with Crippen molar-refractivity contribution in [3.63, 3.8) is 0 Å². The van der Waals surface area contributed by atoms with Gasteiger partial charge in [0.05, 0.1) is 6.61 Å². The van der Waals surface area contributed by atoms with Gasteiger partial charge in [0.2, 0.25) is 0 Å². The first-order valence-corrected chi connectivity index (χ1v) is 6.56. The highest BCUT2D eigenvalue weighted by molar-refractivity contribution is 4.92. The average Bonchev–Trinajstić information content (AvgIpc) is 2.74. The number of likely N-dealkylation sites (N-methyl/N-ethyl adjacent to an activating group) is 1. The van der Waals surface area contributed by atoms with Crippen LogP contribution < -0.4 is 5.32 Å². The number of methoxy groups -OCH3 is 1. The Balaban J connectivity index is 2.52. The predicted octanol–water partition coefficient (Wildman–Crippen LogP) is 1.59. The van der Waals surface area contributed by atoms with Gasteiger partial charge in [0.25, 0.3) is 0 Å². The lowest BCUT2D eigenvalue weighted by atomic mass is 9.76. The first kappa shape index (κ1) is 13.9. The van der Waals surface area contributed by atoms with E-state index in [0.29, 0.717) is 5.41 Å². The van der Waals surface area contributed by atoms with Gasteiger partial charge in [0.15, 0.2) is 0 Å². The zero-order valence-corrected chi connectivity index (χ0v) is 11.4. The molecule has 1 N–H and O–H groups in total. The summed E-state index contributed by atoms with van der Waals surface area (Å²) < 4.78 is 5.17. The van der Waals surface area contributed by atoms with E-state index >= 15 is 0 Å². The summed E-state index contributed by atoms with van der Waals surface area (Å²) >= 11 is 0. The molecule has 96 valence electrons. The van der Waals surface area contributed by atoms with Gasteiger partial charge in [-0.1, -0.05) is 20.8 Å². The molecule has 0 aromatic carbocycles. The molecule has 3 heteroatoms. The zero-order chi connectivity index (χ0) is 12.0. The first-order chi connectivity index (χ1) is 7.64. The molecule has 1 fully saturated rings. The van der Waals surface area contributed by atoms with Crippen molar-refractivity contribution in [2.45, 2.75) is 27.2 Å². The van der Waals surface area contributed by atoms with Crippen LogP contribution in [0.3, 0.4) is 0 Å². The van der Waals surface area contributed by atoms with Gasteiger partial charge in [-0.2, -0.15) is 0 Å². The minimum atomic E-state index is 0.476. The predicted molar refractivity (Wildman–Crippen MR) is 68.7 cm³/mol. The van der Waals surface area contributed by atoms with Crippen LogP contribution in [0.15, 0.2) is 0 Å². The van der Waals surface area contributed by atoms with Crippen molar-refractivity contribution in [3.05, 3.63) is 0 Å². The highest BCUT2D eigenvalue weighted by atomic mass is 16.5. The molecule has 1 atom stereocenters. The van der Waals surface area contributed by atoms with Gasteiger partial charge < -0.3 is 15.0 Å². The number of hydrogen-bond donors (Lipinski definition) is 1. The summed E-state index contributed by atoms with van der Waals surface area (Å²) in [6.45, 7) is 13.5. The molecule has 0 spiro atoms. The van der Waals surface area contributed by atoms with Crippen molar-refractivity contribution in [3.8, 4) is 0 Å². The van der Waals surface area contributed by atoms with E-state index < -0.39 is 0 Å². The summed E-state index contributed by atoms with van der Waals surface area (Å²) in [4.78, 5) is 2.52. The minimum Gasteiger partial charge on any atom is -0.383 e. The Labute approximate surface area is 101 Å². The molecule has 1 aliphatic heterocycles. The third kappa shape index (κ3) is 3.44. The van der Waals surface area contributed by atoms with Gasteiger partial charge in [-0.3, -0.25) is 0 Å². The molecule has 3 nitrogen and oxygen atoms in total. The Kier molecular flexibility index (Phi) is 5.73. The molecule has 0 amide bonds.